The van der Waals surface area contributed by atoms with Gasteiger partial charge in [0.15, 0.2) is 0 Å². The normalized spacial score (nSPS) is 14.3. The molecular weight excluding hydrogens is 544 g/mol. The molecule has 0 aromatic heterocycles. The summed E-state index contributed by atoms with van der Waals surface area (Å²) in [5.74, 6) is 0. The number of nitrogens with one attached hydrogen (secondary N) is 2. The third kappa shape index (κ3) is 6.51. The van der Waals surface area contributed by atoms with Crippen LogP contribution in [0.5, 0.6) is 0 Å². The van der Waals surface area contributed by atoms with Gasteiger partial charge in [-0.05, 0) is 94.8 Å². The molecule has 2 nitrogen and oxygen atoms in total. The first-order valence-electron chi connectivity index (χ1n) is 15.6. The Labute approximate surface area is 266 Å². The van der Waals surface area contributed by atoms with Crippen molar-refractivity contribution in [2.24, 2.45) is 0 Å². The number of benzene rings is 6. The lowest BCUT2D eigenvalue weighted by Crippen LogP contribution is -2.22. The minimum absolute atomic E-state index is 0.212. The van der Waals surface area contributed by atoms with Crippen molar-refractivity contribution in [3.63, 3.8) is 0 Å². The number of para-hydroxylation sites is 1. The zero-order valence-corrected chi connectivity index (χ0v) is 25.5. The number of hydrogen-bond acceptors (Lipinski definition) is 2. The van der Waals surface area contributed by atoms with Crippen LogP contribution in [0.15, 0.2) is 175 Å². The summed E-state index contributed by atoms with van der Waals surface area (Å²) in [6, 6.07) is 56.2. The van der Waals surface area contributed by atoms with E-state index in [1.807, 2.05) is 0 Å². The van der Waals surface area contributed by atoms with E-state index in [4.69, 9.17) is 0 Å². The van der Waals surface area contributed by atoms with E-state index in [0.717, 1.165) is 23.5 Å². The monoisotopic (exact) mass is 580 g/mol. The van der Waals surface area contributed by atoms with Crippen molar-refractivity contribution >= 4 is 22.6 Å². The molecular formula is C43H36N2. The molecule has 0 fully saturated rings. The molecule has 0 amide bonds. The van der Waals surface area contributed by atoms with Gasteiger partial charge in [0.1, 0.15) is 0 Å². The van der Waals surface area contributed by atoms with Gasteiger partial charge >= 0.3 is 0 Å². The zero-order chi connectivity index (χ0) is 30.4. The quantitative estimate of drug-likeness (QED) is 0.187. The minimum Gasteiger partial charge on any atom is -0.378 e. The first-order valence-corrected chi connectivity index (χ1v) is 15.6. The van der Waals surface area contributed by atoms with Crippen molar-refractivity contribution < 1.29 is 0 Å². The van der Waals surface area contributed by atoms with Gasteiger partial charge in [0.25, 0.3) is 0 Å². The van der Waals surface area contributed by atoms with Crippen molar-refractivity contribution in [3.8, 4) is 33.4 Å². The molecule has 0 radical (unpaired) electrons. The van der Waals surface area contributed by atoms with E-state index in [-0.39, 0.29) is 6.04 Å². The maximum atomic E-state index is 3.76. The van der Waals surface area contributed by atoms with Crippen molar-refractivity contribution in [1.29, 1.82) is 0 Å². The first-order chi connectivity index (χ1) is 22.2. The van der Waals surface area contributed by atoms with Crippen LogP contribution < -0.4 is 10.6 Å². The number of allylic oxidation sites excluding steroid dienone is 2. The lowest BCUT2D eigenvalue weighted by molar-refractivity contribution is 0.893. The second-order valence-electron chi connectivity index (χ2n) is 11.6. The van der Waals surface area contributed by atoms with Crippen molar-refractivity contribution in [2.45, 2.75) is 19.4 Å². The summed E-state index contributed by atoms with van der Waals surface area (Å²) in [5, 5.41) is 7.50. The highest BCUT2D eigenvalue weighted by Crippen LogP contribution is 2.37. The predicted molar refractivity (Wildman–Crippen MR) is 193 cm³/mol. The Morgan fingerprint density at radius 1 is 0.489 bits per heavy atom. The van der Waals surface area contributed by atoms with E-state index in [1.54, 1.807) is 0 Å². The molecule has 7 rings (SSSR count). The number of hydrogen-bond donors (Lipinski definition) is 2. The molecule has 218 valence electrons. The lowest BCUT2D eigenvalue weighted by atomic mass is 9.88. The molecule has 0 aliphatic heterocycles. The SMILES string of the molecule is CC1=CCC(Nc2ccccc2)C(c2cccc(-c3ccc(Nc4cccc(-c5ccccc5)c4)c(-c4ccccc4)c3)c2)=C1. The molecule has 0 heterocycles. The van der Waals surface area contributed by atoms with Gasteiger partial charge in [0.05, 0.1) is 6.04 Å². The Kier molecular flexibility index (Phi) is 8.11. The van der Waals surface area contributed by atoms with Crippen LogP contribution in [0.1, 0.15) is 18.9 Å². The summed E-state index contributed by atoms with van der Waals surface area (Å²) in [6.07, 6.45) is 5.61. The molecule has 1 aliphatic carbocycles. The average molecular weight is 581 g/mol. The summed E-state index contributed by atoms with van der Waals surface area (Å²) in [5.41, 5.74) is 14.3. The van der Waals surface area contributed by atoms with Crippen LogP contribution in [0.3, 0.4) is 0 Å². The highest BCUT2D eigenvalue weighted by molar-refractivity contribution is 5.87. The van der Waals surface area contributed by atoms with E-state index >= 15 is 0 Å². The van der Waals surface area contributed by atoms with E-state index in [9.17, 15) is 0 Å². The molecule has 6 aromatic carbocycles. The number of anilines is 3. The summed E-state index contributed by atoms with van der Waals surface area (Å²) in [4.78, 5) is 0. The van der Waals surface area contributed by atoms with E-state index in [2.05, 4.69) is 187 Å². The Morgan fingerprint density at radius 2 is 1.07 bits per heavy atom. The number of rotatable bonds is 8. The van der Waals surface area contributed by atoms with Crippen LogP contribution in [-0.2, 0) is 0 Å². The fourth-order valence-corrected chi connectivity index (χ4v) is 6.12. The van der Waals surface area contributed by atoms with Crippen LogP contribution in [0.4, 0.5) is 17.1 Å². The van der Waals surface area contributed by atoms with Crippen molar-refractivity contribution in [3.05, 3.63) is 181 Å². The fourth-order valence-electron chi connectivity index (χ4n) is 6.12. The lowest BCUT2D eigenvalue weighted by Gasteiger charge is -2.26. The Balaban J connectivity index is 1.23. The summed E-state index contributed by atoms with van der Waals surface area (Å²) in [7, 11) is 0. The van der Waals surface area contributed by atoms with Gasteiger partial charge in [0.2, 0.25) is 0 Å². The maximum Gasteiger partial charge on any atom is 0.0554 e. The molecule has 0 saturated carbocycles. The van der Waals surface area contributed by atoms with Crippen LogP contribution in [0.2, 0.25) is 0 Å². The summed E-state index contributed by atoms with van der Waals surface area (Å²) < 4.78 is 0. The van der Waals surface area contributed by atoms with Crippen LogP contribution >= 0.6 is 0 Å². The van der Waals surface area contributed by atoms with E-state index < -0.39 is 0 Å². The summed E-state index contributed by atoms with van der Waals surface area (Å²) in [6.45, 7) is 2.19. The highest BCUT2D eigenvalue weighted by atomic mass is 14.9. The summed E-state index contributed by atoms with van der Waals surface area (Å²) >= 11 is 0. The van der Waals surface area contributed by atoms with E-state index in [0.29, 0.717) is 0 Å². The molecule has 1 aliphatic rings. The van der Waals surface area contributed by atoms with Gasteiger partial charge in [-0.25, -0.2) is 0 Å². The van der Waals surface area contributed by atoms with Gasteiger partial charge in [-0.2, -0.15) is 0 Å². The Hall–Kier alpha value is -5.60. The van der Waals surface area contributed by atoms with Gasteiger partial charge < -0.3 is 10.6 Å². The van der Waals surface area contributed by atoms with Crippen molar-refractivity contribution in [1.82, 2.24) is 0 Å². The predicted octanol–water partition coefficient (Wildman–Crippen LogP) is 11.6. The second-order valence-corrected chi connectivity index (χ2v) is 11.6. The molecule has 0 saturated heterocycles. The largest absolute Gasteiger partial charge is 0.378 e. The van der Waals surface area contributed by atoms with Crippen LogP contribution in [0, 0.1) is 0 Å². The van der Waals surface area contributed by atoms with E-state index in [1.165, 1.54) is 50.1 Å². The first kappa shape index (κ1) is 28.2. The zero-order valence-electron chi connectivity index (χ0n) is 25.5. The van der Waals surface area contributed by atoms with Gasteiger partial charge in [-0.3, -0.25) is 0 Å². The van der Waals surface area contributed by atoms with Crippen molar-refractivity contribution in [2.75, 3.05) is 10.6 Å². The molecule has 1 atom stereocenters. The highest BCUT2D eigenvalue weighted by Gasteiger charge is 2.19. The molecule has 1 unspecified atom stereocenters. The smallest absolute Gasteiger partial charge is 0.0554 e. The molecule has 0 spiro atoms. The molecule has 0 bridgehead atoms. The standard InChI is InChI=1S/C43H36N2/c1-31-23-25-42(44-38-20-9-4-10-21-38)40(27-31)37-19-11-17-34(28-37)36-24-26-43(41(30-36)33-15-7-3-8-16-33)45-39-22-12-18-35(29-39)32-13-5-2-6-14-32/h2-24,26-30,42,44-45H,25H2,1H3. The van der Waals surface area contributed by atoms with Crippen LogP contribution in [-0.4, -0.2) is 6.04 Å². The third-order valence-electron chi connectivity index (χ3n) is 8.43. The fraction of sp³-hybridized carbons (Fsp3) is 0.0698. The second kappa shape index (κ2) is 13.0. The molecule has 2 heteroatoms. The maximum absolute atomic E-state index is 3.76. The third-order valence-corrected chi connectivity index (χ3v) is 8.43. The average Bonchev–Trinajstić information content (AvgIpc) is 3.11. The molecule has 6 aromatic rings. The Bertz CT molecular complexity index is 1970. The van der Waals surface area contributed by atoms with Gasteiger partial charge in [-0.15, -0.1) is 0 Å². The topological polar surface area (TPSA) is 24.1 Å². The van der Waals surface area contributed by atoms with Gasteiger partial charge in [-0.1, -0.05) is 133 Å². The molecule has 2 N–H and O–H groups in total. The Morgan fingerprint density at radius 3 is 1.82 bits per heavy atom. The van der Waals surface area contributed by atoms with Gasteiger partial charge in [0, 0.05) is 22.6 Å². The van der Waals surface area contributed by atoms with Crippen LogP contribution in [0.25, 0.3) is 39.0 Å². The molecule has 45 heavy (non-hydrogen) atoms. The minimum atomic E-state index is 0.212.